The van der Waals surface area contributed by atoms with Crippen molar-refractivity contribution in [3.63, 3.8) is 0 Å². The Labute approximate surface area is 86.2 Å². The maximum absolute atomic E-state index is 11.2. The largest absolute Gasteiger partial charge is 0.449 e. The minimum absolute atomic E-state index is 0.0903. The van der Waals surface area contributed by atoms with Crippen molar-refractivity contribution in [3.8, 4) is 0 Å². The zero-order valence-electron chi connectivity index (χ0n) is 7.85. The first kappa shape index (κ1) is 11.3. The molecule has 3 N–H and O–H groups in total. The average Bonchev–Trinajstić information content (AvgIpc) is 2.54. The molecule has 15 heavy (non-hydrogen) atoms. The lowest BCUT2D eigenvalue weighted by Crippen LogP contribution is -2.35. The molecule has 0 aromatic carbocycles. The fourth-order valence-electron chi connectivity index (χ4n) is 0.758. The highest BCUT2D eigenvalue weighted by Crippen LogP contribution is 2.02. The third-order valence-corrected chi connectivity index (χ3v) is 2.18. The Hall–Kier alpha value is -1.77. The van der Waals surface area contributed by atoms with Crippen molar-refractivity contribution in [2.24, 2.45) is 0 Å². The second-order valence-corrected chi connectivity index (χ2v) is 3.83. The third-order valence-electron chi connectivity index (χ3n) is 1.24. The maximum Gasteiger partial charge on any atom is 0.422 e. The number of H-pyrrole nitrogens is 1. The van der Waals surface area contributed by atoms with Crippen LogP contribution in [0.2, 0.25) is 0 Å². The van der Waals surface area contributed by atoms with E-state index in [2.05, 4.69) is 19.7 Å². The number of aromatic amines is 1. The highest BCUT2D eigenvalue weighted by molar-refractivity contribution is 7.91. The molecule has 0 saturated carbocycles. The Morgan fingerprint density at radius 3 is 2.93 bits per heavy atom. The van der Waals surface area contributed by atoms with E-state index in [1.165, 1.54) is 12.4 Å². The van der Waals surface area contributed by atoms with E-state index in [4.69, 9.17) is 0 Å². The van der Waals surface area contributed by atoms with Crippen LogP contribution in [-0.2, 0) is 14.9 Å². The van der Waals surface area contributed by atoms with Gasteiger partial charge >= 0.3 is 16.3 Å². The predicted octanol–water partition coefficient (Wildman–Crippen LogP) is -0.188. The van der Waals surface area contributed by atoms with Crippen LogP contribution in [0, 0.1) is 0 Å². The number of nitrogens with one attached hydrogen (secondary N) is 3. The van der Waals surface area contributed by atoms with E-state index in [-0.39, 0.29) is 12.3 Å². The van der Waals surface area contributed by atoms with Crippen LogP contribution in [0.3, 0.4) is 0 Å². The predicted molar refractivity (Wildman–Crippen MR) is 51.3 cm³/mol. The van der Waals surface area contributed by atoms with Crippen LogP contribution in [-0.4, -0.2) is 31.3 Å². The summed E-state index contributed by atoms with van der Waals surface area (Å²) in [5.74, 6) is 0. The van der Waals surface area contributed by atoms with Gasteiger partial charge in [0.2, 0.25) is 0 Å². The van der Waals surface area contributed by atoms with Gasteiger partial charge in [0.15, 0.2) is 0 Å². The molecule has 0 atom stereocenters. The van der Waals surface area contributed by atoms with Gasteiger partial charge in [-0.25, -0.2) is 9.52 Å². The van der Waals surface area contributed by atoms with Gasteiger partial charge in [-0.3, -0.25) is 9.82 Å². The fraction of sp³-hybridized carbons (Fsp3) is 0.333. The number of nitrogens with zero attached hydrogens (tertiary/aromatic N) is 1. The van der Waals surface area contributed by atoms with E-state index in [1.54, 1.807) is 11.6 Å². The highest BCUT2D eigenvalue weighted by atomic mass is 32.2. The van der Waals surface area contributed by atoms with Gasteiger partial charge in [-0.05, 0) is 6.92 Å². The molecule has 84 valence electrons. The van der Waals surface area contributed by atoms with Crippen LogP contribution in [0.15, 0.2) is 12.4 Å². The molecule has 0 aliphatic rings. The number of carbonyl (C=O) groups excluding carboxylic acids is 1. The average molecular weight is 234 g/mol. The van der Waals surface area contributed by atoms with E-state index in [0.29, 0.717) is 0 Å². The van der Waals surface area contributed by atoms with Crippen LogP contribution in [0.5, 0.6) is 0 Å². The van der Waals surface area contributed by atoms with Gasteiger partial charge in [0.05, 0.1) is 18.5 Å². The quantitative estimate of drug-likeness (QED) is 0.668. The molecule has 1 aromatic rings. The smallest absolute Gasteiger partial charge is 0.422 e. The topological polar surface area (TPSA) is 113 Å². The summed E-state index contributed by atoms with van der Waals surface area (Å²) in [5, 5.41) is 5.94. The van der Waals surface area contributed by atoms with Crippen LogP contribution in [0.25, 0.3) is 0 Å². The van der Waals surface area contributed by atoms with E-state index in [9.17, 15) is 13.2 Å². The van der Waals surface area contributed by atoms with Crippen molar-refractivity contribution in [3.05, 3.63) is 12.4 Å². The summed E-state index contributed by atoms with van der Waals surface area (Å²) in [6.45, 7) is 1.66. The molecule has 8 nitrogen and oxygen atoms in total. The van der Waals surface area contributed by atoms with Crippen molar-refractivity contribution >= 4 is 22.0 Å². The SMILES string of the molecule is CCOC(=O)NS(=O)(=O)Nc1cn[nH]c1. The lowest BCUT2D eigenvalue weighted by Gasteiger charge is -2.06. The Morgan fingerprint density at radius 1 is 1.67 bits per heavy atom. The second-order valence-electron chi connectivity index (χ2n) is 2.42. The molecule has 1 aromatic heterocycles. The van der Waals surface area contributed by atoms with E-state index in [1.807, 2.05) is 0 Å². The number of carbonyl (C=O) groups is 1. The van der Waals surface area contributed by atoms with E-state index >= 15 is 0 Å². The molecule has 1 amide bonds. The van der Waals surface area contributed by atoms with Crippen molar-refractivity contribution in [2.45, 2.75) is 6.92 Å². The zero-order chi connectivity index (χ0) is 11.3. The van der Waals surface area contributed by atoms with Gasteiger partial charge < -0.3 is 4.74 Å². The number of rotatable bonds is 4. The van der Waals surface area contributed by atoms with Gasteiger partial charge in [0.1, 0.15) is 0 Å². The normalized spacial score (nSPS) is 10.7. The van der Waals surface area contributed by atoms with Crippen molar-refractivity contribution < 1.29 is 17.9 Å². The fourth-order valence-corrected chi connectivity index (χ4v) is 1.51. The first-order valence-corrected chi connectivity index (χ1v) is 5.48. The summed E-state index contributed by atoms with van der Waals surface area (Å²) in [7, 11) is -3.96. The summed E-state index contributed by atoms with van der Waals surface area (Å²) in [5.41, 5.74) is 0.215. The maximum atomic E-state index is 11.2. The van der Waals surface area contributed by atoms with Crippen LogP contribution in [0.4, 0.5) is 10.5 Å². The van der Waals surface area contributed by atoms with Crippen LogP contribution < -0.4 is 9.44 Å². The number of ether oxygens (including phenoxy) is 1. The minimum atomic E-state index is -3.96. The summed E-state index contributed by atoms with van der Waals surface area (Å²) in [6, 6.07) is 0. The Morgan fingerprint density at radius 2 is 2.40 bits per heavy atom. The molecular formula is C6H10N4O4S. The molecule has 0 bridgehead atoms. The van der Waals surface area contributed by atoms with Gasteiger partial charge in [0, 0.05) is 6.20 Å². The van der Waals surface area contributed by atoms with Crippen molar-refractivity contribution in [1.82, 2.24) is 14.9 Å². The molecule has 1 heterocycles. The van der Waals surface area contributed by atoms with Crippen molar-refractivity contribution in [2.75, 3.05) is 11.3 Å². The van der Waals surface area contributed by atoms with E-state index < -0.39 is 16.3 Å². The summed E-state index contributed by atoms with van der Waals surface area (Å²) in [4.78, 5) is 10.8. The molecule has 0 fully saturated rings. The van der Waals surface area contributed by atoms with E-state index in [0.717, 1.165) is 0 Å². The van der Waals surface area contributed by atoms with Crippen molar-refractivity contribution in [1.29, 1.82) is 0 Å². The monoisotopic (exact) mass is 234 g/mol. The summed E-state index contributed by atoms with van der Waals surface area (Å²) in [6.07, 6.45) is 1.54. The van der Waals surface area contributed by atoms with Gasteiger partial charge in [-0.2, -0.15) is 13.5 Å². The zero-order valence-corrected chi connectivity index (χ0v) is 8.67. The number of aromatic nitrogens is 2. The lowest BCUT2D eigenvalue weighted by atomic mass is 10.6. The van der Waals surface area contributed by atoms with Gasteiger partial charge in [-0.1, -0.05) is 0 Å². The number of amides is 1. The molecule has 0 spiro atoms. The summed E-state index contributed by atoms with van der Waals surface area (Å²) < 4.78 is 30.5. The Balaban J connectivity index is 2.57. The van der Waals surface area contributed by atoms with Gasteiger partial charge in [-0.15, -0.1) is 0 Å². The standard InChI is InChI=1S/C6H10N4O4S/c1-2-14-6(11)10-15(12,13)9-5-3-7-8-4-5/h3-4,9H,2H2,1H3,(H,7,8)(H,10,11). The van der Waals surface area contributed by atoms with Gasteiger partial charge in [0.25, 0.3) is 0 Å². The van der Waals surface area contributed by atoms with Crippen LogP contribution in [0.1, 0.15) is 6.92 Å². The highest BCUT2D eigenvalue weighted by Gasteiger charge is 2.14. The first-order valence-electron chi connectivity index (χ1n) is 3.99. The van der Waals surface area contributed by atoms with Crippen LogP contribution >= 0.6 is 0 Å². The third kappa shape index (κ3) is 3.85. The second kappa shape index (κ2) is 4.64. The number of anilines is 1. The lowest BCUT2D eigenvalue weighted by molar-refractivity contribution is 0.159. The summed E-state index contributed by atoms with van der Waals surface area (Å²) >= 11 is 0. The molecule has 0 radical (unpaired) electrons. The molecule has 1 rings (SSSR count). The number of hydrogen-bond donors (Lipinski definition) is 3. The molecular weight excluding hydrogens is 224 g/mol. The molecule has 9 heteroatoms. The minimum Gasteiger partial charge on any atom is -0.449 e. The Bertz CT molecular complexity index is 412. The Kier molecular flexibility index (Phi) is 3.50. The molecule has 0 aliphatic carbocycles. The first-order chi connectivity index (χ1) is 7.03. The molecule has 0 aliphatic heterocycles. The molecule has 0 unspecified atom stereocenters. The number of hydrogen-bond acceptors (Lipinski definition) is 5. The molecule has 0 saturated heterocycles.